The van der Waals surface area contributed by atoms with E-state index < -0.39 is 0 Å². The third kappa shape index (κ3) is 4.45. The van der Waals surface area contributed by atoms with Gasteiger partial charge >= 0.3 is 0 Å². The van der Waals surface area contributed by atoms with E-state index in [-0.39, 0.29) is 12.2 Å². The van der Waals surface area contributed by atoms with Gasteiger partial charge in [0, 0.05) is 19.1 Å². The molecule has 1 aliphatic heterocycles. The molecule has 0 aromatic rings. The minimum absolute atomic E-state index is 0.0467. The van der Waals surface area contributed by atoms with Gasteiger partial charge in [0.05, 0.1) is 12.2 Å². The zero-order valence-electron chi connectivity index (χ0n) is 14.0. The van der Waals surface area contributed by atoms with Crippen molar-refractivity contribution in [2.75, 3.05) is 20.1 Å². The maximum atomic E-state index is 12.5. The molecule has 1 saturated heterocycles. The number of likely N-dealkylation sites (N-methyl/N-ethyl adjacent to an activating group) is 1. The Morgan fingerprint density at radius 2 is 1.90 bits per heavy atom. The smallest absolute Gasteiger partial charge is 0.241 e. The predicted octanol–water partition coefficient (Wildman–Crippen LogP) is 2.44. The number of hydrogen-bond acceptors (Lipinski definition) is 3. The van der Waals surface area contributed by atoms with Gasteiger partial charge in [-0.1, -0.05) is 33.6 Å². The molecule has 3 unspecified atom stereocenters. The van der Waals surface area contributed by atoms with Gasteiger partial charge in [-0.15, -0.1) is 0 Å². The standard InChI is InChI=1S/C16H33N3O/c1-6-9-14-16(20)19(15(17-14)10-7-2)12-11-18(5)13(4)8-3/h13-15,17H,6-12H2,1-5H3. The Balaban J connectivity index is 2.57. The van der Waals surface area contributed by atoms with Crippen LogP contribution in [0.5, 0.6) is 0 Å². The van der Waals surface area contributed by atoms with E-state index in [1.807, 2.05) is 0 Å². The third-order valence-corrected chi connectivity index (χ3v) is 4.53. The molecular weight excluding hydrogens is 250 g/mol. The molecule has 0 aromatic heterocycles. The van der Waals surface area contributed by atoms with Crippen molar-refractivity contribution in [3.8, 4) is 0 Å². The number of nitrogens with zero attached hydrogens (tertiary/aromatic N) is 2. The summed E-state index contributed by atoms with van der Waals surface area (Å²) in [6.07, 6.45) is 5.58. The molecule has 1 N–H and O–H groups in total. The Morgan fingerprint density at radius 3 is 2.45 bits per heavy atom. The molecule has 0 saturated carbocycles. The van der Waals surface area contributed by atoms with Crippen LogP contribution >= 0.6 is 0 Å². The molecule has 1 heterocycles. The van der Waals surface area contributed by atoms with Gasteiger partial charge in [-0.25, -0.2) is 0 Å². The summed E-state index contributed by atoms with van der Waals surface area (Å²) in [7, 11) is 2.15. The number of carbonyl (C=O) groups is 1. The summed E-state index contributed by atoms with van der Waals surface area (Å²) in [4.78, 5) is 16.9. The summed E-state index contributed by atoms with van der Waals surface area (Å²) in [5, 5.41) is 3.52. The van der Waals surface area contributed by atoms with Crippen LogP contribution in [-0.2, 0) is 4.79 Å². The second-order valence-electron chi connectivity index (χ2n) is 6.08. The Labute approximate surface area is 124 Å². The second-order valence-corrected chi connectivity index (χ2v) is 6.08. The van der Waals surface area contributed by atoms with E-state index in [1.54, 1.807) is 0 Å². The minimum atomic E-state index is 0.0467. The van der Waals surface area contributed by atoms with Crippen LogP contribution in [0.3, 0.4) is 0 Å². The van der Waals surface area contributed by atoms with Gasteiger partial charge in [-0.3, -0.25) is 10.1 Å². The molecule has 3 atom stereocenters. The fourth-order valence-corrected chi connectivity index (χ4v) is 2.82. The van der Waals surface area contributed by atoms with Gasteiger partial charge in [-0.05, 0) is 33.2 Å². The van der Waals surface area contributed by atoms with Crippen molar-refractivity contribution in [3.05, 3.63) is 0 Å². The maximum absolute atomic E-state index is 12.5. The van der Waals surface area contributed by atoms with Crippen molar-refractivity contribution in [1.82, 2.24) is 15.1 Å². The van der Waals surface area contributed by atoms with Crippen molar-refractivity contribution in [2.24, 2.45) is 0 Å². The maximum Gasteiger partial charge on any atom is 0.241 e. The van der Waals surface area contributed by atoms with Gasteiger partial charge in [0.25, 0.3) is 0 Å². The molecule has 0 spiro atoms. The van der Waals surface area contributed by atoms with Gasteiger partial charge in [0.2, 0.25) is 5.91 Å². The lowest BCUT2D eigenvalue weighted by atomic mass is 10.1. The minimum Gasteiger partial charge on any atom is -0.325 e. The first-order chi connectivity index (χ1) is 9.54. The lowest BCUT2D eigenvalue weighted by Gasteiger charge is -2.29. The largest absolute Gasteiger partial charge is 0.325 e. The summed E-state index contributed by atoms with van der Waals surface area (Å²) in [5.74, 6) is 0.308. The molecule has 20 heavy (non-hydrogen) atoms. The van der Waals surface area contributed by atoms with Crippen LogP contribution in [0.25, 0.3) is 0 Å². The molecule has 1 fully saturated rings. The Morgan fingerprint density at radius 1 is 1.25 bits per heavy atom. The molecule has 0 radical (unpaired) electrons. The number of carbonyl (C=O) groups excluding carboxylic acids is 1. The van der Waals surface area contributed by atoms with Gasteiger partial charge < -0.3 is 9.80 Å². The molecule has 118 valence electrons. The SMILES string of the molecule is CCCC1NC(CCC)N(CCN(C)C(C)CC)C1=O. The molecule has 0 bridgehead atoms. The molecule has 4 nitrogen and oxygen atoms in total. The van der Waals surface area contributed by atoms with Crippen molar-refractivity contribution in [1.29, 1.82) is 0 Å². The van der Waals surface area contributed by atoms with Gasteiger partial charge in [-0.2, -0.15) is 0 Å². The fourth-order valence-electron chi connectivity index (χ4n) is 2.82. The summed E-state index contributed by atoms with van der Waals surface area (Å²) >= 11 is 0. The van der Waals surface area contributed by atoms with E-state index in [1.165, 1.54) is 0 Å². The molecule has 0 aromatic carbocycles. The van der Waals surface area contributed by atoms with Crippen molar-refractivity contribution < 1.29 is 4.79 Å². The highest BCUT2D eigenvalue weighted by molar-refractivity contribution is 5.84. The van der Waals surface area contributed by atoms with Crippen molar-refractivity contribution in [2.45, 2.75) is 78.0 Å². The first kappa shape index (κ1) is 17.4. The second kappa shape index (κ2) is 8.63. The quantitative estimate of drug-likeness (QED) is 0.706. The highest BCUT2D eigenvalue weighted by Gasteiger charge is 2.37. The fraction of sp³-hybridized carbons (Fsp3) is 0.938. The highest BCUT2D eigenvalue weighted by Crippen LogP contribution is 2.18. The zero-order chi connectivity index (χ0) is 15.1. The summed E-state index contributed by atoms with van der Waals surface area (Å²) in [5.41, 5.74) is 0. The van der Waals surface area contributed by atoms with Crippen molar-refractivity contribution in [3.63, 3.8) is 0 Å². The van der Waals surface area contributed by atoms with E-state index in [0.717, 1.165) is 45.2 Å². The van der Waals surface area contributed by atoms with E-state index >= 15 is 0 Å². The lowest BCUT2D eigenvalue weighted by Crippen LogP contribution is -2.43. The molecule has 1 amide bonds. The predicted molar refractivity (Wildman–Crippen MR) is 84.6 cm³/mol. The number of amides is 1. The van der Waals surface area contributed by atoms with E-state index in [4.69, 9.17) is 0 Å². The van der Waals surface area contributed by atoms with Crippen LogP contribution in [0.1, 0.15) is 59.8 Å². The number of rotatable bonds is 9. The van der Waals surface area contributed by atoms with Crippen LogP contribution in [-0.4, -0.2) is 54.1 Å². The molecule has 4 heteroatoms. The van der Waals surface area contributed by atoms with Gasteiger partial charge in [0.1, 0.15) is 0 Å². The topological polar surface area (TPSA) is 35.6 Å². The van der Waals surface area contributed by atoms with E-state index in [0.29, 0.717) is 11.9 Å². The highest BCUT2D eigenvalue weighted by atomic mass is 16.2. The Kier molecular flexibility index (Phi) is 7.52. The van der Waals surface area contributed by atoms with E-state index in [9.17, 15) is 4.79 Å². The van der Waals surface area contributed by atoms with Crippen LogP contribution in [0, 0.1) is 0 Å². The third-order valence-electron chi connectivity index (χ3n) is 4.53. The summed E-state index contributed by atoms with van der Waals surface area (Å²) in [6, 6.07) is 0.627. The summed E-state index contributed by atoms with van der Waals surface area (Å²) < 4.78 is 0. The van der Waals surface area contributed by atoms with Crippen LogP contribution in [0.4, 0.5) is 0 Å². The van der Waals surface area contributed by atoms with Gasteiger partial charge in [0.15, 0.2) is 0 Å². The van der Waals surface area contributed by atoms with Crippen LogP contribution in [0.2, 0.25) is 0 Å². The summed E-state index contributed by atoms with van der Waals surface area (Å²) in [6.45, 7) is 10.6. The molecule has 0 aliphatic carbocycles. The van der Waals surface area contributed by atoms with Crippen LogP contribution < -0.4 is 5.32 Å². The Hall–Kier alpha value is -0.610. The molecule has 1 rings (SSSR count). The first-order valence-corrected chi connectivity index (χ1v) is 8.31. The molecule has 1 aliphatic rings. The Bertz CT molecular complexity index is 295. The van der Waals surface area contributed by atoms with Crippen molar-refractivity contribution >= 4 is 5.91 Å². The monoisotopic (exact) mass is 283 g/mol. The first-order valence-electron chi connectivity index (χ1n) is 8.31. The average Bonchev–Trinajstić information content (AvgIpc) is 2.72. The number of nitrogens with one attached hydrogen (secondary N) is 1. The lowest BCUT2D eigenvalue weighted by molar-refractivity contribution is -0.130. The normalized spacial score (nSPS) is 24.7. The molecular formula is C16H33N3O. The zero-order valence-corrected chi connectivity index (χ0v) is 14.0. The van der Waals surface area contributed by atoms with E-state index in [2.05, 4.69) is 49.9 Å². The van der Waals surface area contributed by atoms with Crippen LogP contribution in [0.15, 0.2) is 0 Å². The number of hydrogen-bond donors (Lipinski definition) is 1. The average molecular weight is 283 g/mol.